The summed E-state index contributed by atoms with van der Waals surface area (Å²) in [6.07, 6.45) is 4.32. The molecule has 0 aliphatic carbocycles. The topological polar surface area (TPSA) is 57.7 Å². The molecule has 26 heavy (non-hydrogen) atoms. The van der Waals surface area contributed by atoms with Crippen molar-refractivity contribution in [1.82, 2.24) is 4.90 Å². The largest absolute Gasteiger partial charge is 0.339 e. The number of sulfonamides is 1. The lowest BCUT2D eigenvalue weighted by atomic mass is 10.2. The Hall–Kier alpha value is -1.86. The molecule has 2 heterocycles. The van der Waals surface area contributed by atoms with Gasteiger partial charge in [0.05, 0.1) is 11.3 Å². The highest BCUT2D eigenvalue weighted by molar-refractivity contribution is 7.94. The van der Waals surface area contributed by atoms with Gasteiger partial charge in [-0.1, -0.05) is 31.0 Å². The van der Waals surface area contributed by atoms with Gasteiger partial charge in [-0.3, -0.25) is 9.10 Å². The van der Waals surface area contributed by atoms with Gasteiger partial charge >= 0.3 is 0 Å². The number of hydrogen-bond acceptors (Lipinski definition) is 4. The van der Waals surface area contributed by atoms with Crippen molar-refractivity contribution in [3.8, 4) is 0 Å². The van der Waals surface area contributed by atoms with Gasteiger partial charge in [-0.25, -0.2) is 8.42 Å². The highest BCUT2D eigenvalue weighted by Gasteiger charge is 2.27. The van der Waals surface area contributed by atoms with Crippen LogP contribution in [0.25, 0.3) is 0 Å². The third kappa shape index (κ3) is 3.94. The van der Waals surface area contributed by atoms with Crippen LogP contribution in [0, 0.1) is 0 Å². The minimum absolute atomic E-state index is 0.0626. The highest BCUT2D eigenvalue weighted by Crippen LogP contribution is 2.28. The molecule has 1 aromatic heterocycles. The van der Waals surface area contributed by atoms with Crippen LogP contribution >= 0.6 is 11.3 Å². The summed E-state index contributed by atoms with van der Waals surface area (Å²) in [5, 5.41) is 1.67. The van der Waals surface area contributed by atoms with E-state index in [1.54, 1.807) is 24.4 Å². The molecule has 1 aromatic carbocycles. The number of likely N-dealkylation sites (tertiary alicyclic amines) is 1. The normalized spacial score (nSPS) is 15.5. The summed E-state index contributed by atoms with van der Waals surface area (Å²) in [5.74, 6) is -0.0626. The third-order valence-electron chi connectivity index (χ3n) is 4.59. The summed E-state index contributed by atoms with van der Waals surface area (Å²) < 4.78 is 27.7. The molecule has 0 saturated carbocycles. The van der Waals surface area contributed by atoms with Crippen molar-refractivity contribution < 1.29 is 13.2 Å². The fraction of sp³-hybridized carbons (Fsp3) is 0.421. The number of carbonyl (C=O) groups is 1. The molecule has 0 atom stereocenters. The number of nitrogens with zero attached hydrogens (tertiary/aromatic N) is 2. The second-order valence-corrected chi connectivity index (χ2v) is 9.37. The number of thiophene rings is 1. The summed E-state index contributed by atoms with van der Waals surface area (Å²) >= 11 is 1.12. The van der Waals surface area contributed by atoms with E-state index in [0.717, 1.165) is 50.1 Å². The van der Waals surface area contributed by atoms with Crippen LogP contribution < -0.4 is 4.31 Å². The minimum atomic E-state index is -3.67. The van der Waals surface area contributed by atoms with Crippen LogP contribution in [0.4, 0.5) is 5.69 Å². The molecule has 0 N–H and O–H groups in total. The van der Waals surface area contributed by atoms with Crippen LogP contribution in [0.5, 0.6) is 0 Å². The first-order chi connectivity index (χ1) is 12.5. The minimum Gasteiger partial charge on any atom is -0.339 e. The molecule has 0 radical (unpaired) electrons. The zero-order valence-corrected chi connectivity index (χ0v) is 16.6. The monoisotopic (exact) mass is 392 g/mol. The lowest BCUT2D eigenvalue weighted by Crippen LogP contribution is -2.32. The van der Waals surface area contributed by atoms with Crippen molar-refractivity contribution in [3.63, 3.8) is 0 Å². The van der Waals surface area contributed by atoms with Crippen LogP contribution in [0.2, 0.25) is 0 Å². The number of rotatable bonds is 5. The highest BCUT2D eigenvalue weighted by atomic mass is 32.2. The molecule has 7 heteroatoms. The van der Waals surface area contributed by atoms with Crippen LogP contribution in [0.3, 0.4) is 0 Å². The van der Waals surface area contributed by atoms with Crippen molar-refractivity contribution in [2.45, 2.75) is 36.8 Å². The Morgan fingerprint density at radius 2 is 1.77 bits per heavy atom. The van der Waals surface area contributed by atoms with Gasteiger partial charge in [-0.15, -0.1) is 11.3 Å². The fourth-order valence-electron chi connectivity index (χ4n) is 3.21. The Kier molecular flexibility index (Phi) is 5.98. The van der Waals surface area contributed by atoms with E-state index in [-0.39, 0.29) is 10.1 Å². The molecule has 1 amide bonds. The molecule has 0 spiro atoms. The molecule has 5 nitrogen and oxygen atoms in total. The van der Waals surface area contributed by atoms with Crippen molar-refractivity contribution in [3.05, 3.63) is 47.3 Å². The molecule has 1 aliphatic heterocycles. The maximum atomic E-state index is 13.0. The number of carbonyl (C=O) groups excluding carboxylic acids is 1. The lowest BCUT2D eigenvalue weighted by Gasteiger charge is -2.22. The predicted molar refractivity (Wildman–Crippen MR) is 105 cm³/mol. The van der Waals surface area contributed by atoms with E-state index in [1.165, 1.54) is 10.4 Å². The van der Waals surface area contributed by atoms with E-state index < -0.39 is 10.0 Å². The van der Waals surface area contributed by atoms with E-state index in [4.69, 9.17) is 0 Å². The average molecular weight is 393 g/mol. The van der Waals surface area contributed by atoms with Crippen molar-refractivity contribution in [1.29, 1.82) is 0 Å². The first kappa shape index (κ1) is 18.9. The molecule has 3 rings (SSSR count). The number of para-hydroxylation sites is 1. The van der Waals surface area contributed by atoms with E-state index in [1.807, 2.05) is 23.1 Å². The third-order valence-corrected chi connectivity index (χ3v) is 7.91. The van der Waals surface area contributed by atoms with Gasteiger partial charge in [0.1, 0.15) is 4.21 Å². The van der Waals surface area contributed by atoms with Gasteiger partial charge < -0.3 is 4.90 Å². The van der Waals surface area contributed by atoms with Crippen LogP contribution in [0.1, 0.15) is 43.0 Å². The van der Waals surface area contributed by atoms with Gasteiger partial charge in [-0.05, 0) is 38.0 Å². The molecular weight excluding hydrogens is 368 g/mol. The number of hydrogen-bond donors (Lipinski definition) is 0. The van der Waals surface area contributed by atoms with E-state index >= 15 is 0 Å². The Morgan fingerprint density at radius 3 is 2.38 bits per heavy atom. The van der Waals surface area contributed by atoms with Gasteiger partial charge in [0.15, 0.2) is 0 Å². The molecule has 0 unspecified atom stereocenters. The van der Waals surface area contributed by atoms with Gasteiger partial charge in [-0.2, -0.15) is 0 Å². The smallest absolute Gasteiger partial charge is 0.273 e. The molecule has 1 saturated heterocycles. The maximum absolute atomic E-state index is 13.0. The van der Waals surface area contributed by atoms with E-state index in [2.05, 4.69) is 0 Å². The zero-order chi connectivity index (χ0) is 18.6. The quantitative estimate of drug-likeness (QED) is 0.773. The number of amides is 1. The predicted octanol–water partition coefficient (Wildman–Crippen LogP) is 3.98. The van der Waals surface area contributed by atoms with E-state index in [9.17, 15) is 13.2 Å². The summed E-state index contributed by atoms with van der Waals surface area (Å²) in [4.78, 5) is 14.6. The number of benzene rings is 1. The Bertz CT molecular complexity index is 839. The molecule has 140 valence electrons. The fourth-order valence-corrected chi connectivity index (χ4v) is 5.95. The standard InChI is InChI=1S/C19H24N2O3S2/c1-2-21(17-10-6-5-7-11-17)26(23,24)18-14-16(15-25-18)19(22)20-12-8-3-4-9-13-20/h5-7,10-11,14-15H,2-4,8-9,12-13H2,1H3. The Morgan fingerprint density at radius 1 is 1.12 bits per heavy atom. The maximum Gasteiger partial charge on any atom is 0.273 e. The molecule has 2 aromatic rings. The molecule has 0 bridgehead atoms. The van der Waals surface area contributed by atoms with Gasteiger partial charge in [0, 0.05) is 25.0 Å². The molecular formula is C19H24N2O3S2. The van der Waals surface area contributed by atoms with Crippen LogP contribution in [0.15, 0.2) is 46.0 Å². The van der Waals surface area contributed by atoms with Crippen LogP contribution in [-0.2, 0) is 10.0 Å². The summed E-state index contributed by atoms with van der Waals surface area (Å²) in [5.41, 5.74) is 1.10. The molecule has 1 fully saturated rings. The Labute approximate surface area is 159 Å². The van der Waals surface area contributed by atoms with E-state index in [0.29, 0.717) is 17.8 Å². The van der Waals surface area contributed by atoms with Gasteiger partial charge in [0.25, 0.3) is 15.9 Å². The average Bonchev–Trinajstić information content (AvgIpc) is 3.00. The second-order valence-electron chi connectivity index (χ2n) is 6.37. The summed E-state index contributed by atoms with van der Waals surface area (Å²) in [7, 11) is -3.67. The summed E-state index contributed by atoms with van der Waals surface area (Å²) in [6, 6.07) is 10.6. The van der Waals surface area contributed by atoms with Gasteiger partial charge in [0.2, 0.25) is 0 Å². The zero-order valence-electron chi connectivity index (χ0n) is 14.9. The SMILES string of the molecule is CCN(c1ccccc1)S(=O)(=O)c1cc(C(=O)N2CCCCCC2)cs1. The van der Waals surface area contributed by atoms with Crippen molar-refractivity contribution >= 4 is 33.0 Å². The number of anilines is 1. The molecule has 1 aliphatic rings. The van der Waals surface area contributed by atoms with Crippen molar-refractivity contribution in [2.24, 2.45) is 0 Å². The first-order valence-corrected chi connectivity index (χ1v) is 11.3. The first-order valence-electron chi connectivity index (χ1n) is 8.99. The van der Waals surface area contributed by atoms with Crippen LogP contribution in [-0.4, -0.2) is 38.9 Å². The van der Waals surface area contributed by atoms with Crippen molar-refractivity contribution in [2.75, 3.05) is 23.9 Å². The lowest BCUT2D eigenvalue weighted by molar-refractivity contribution is 0.0762. The second kappa shape index (κ2) is 8.22. The summed E-state index contributed by atoms with van der Waals surface area (Å²) in [6.45, 7) is 3.64. The Balaban J connectivity index is 1.84.